The molecule has 0 bridgehead atoms. The molecule has 1 aromatic heterocycles. The van der Waals surface area contributed by atoms with E-state index in [1.807, 2.05) is 38.1 Å². The Morgan fingerprint density at radius 2 is 1.81 bits per heavy atom. The standard InChI is InChI=1S/C21H22N4O2/c1-13-8-9-14(2)18(10-13)25-20-12-19(22-15(3)23-20)21(26)24-16-6-5-7-17(11-16)27-4/h5-12H,1-4H3,(H,24,26)(H,22,23,25). The van der Waals surface area contributed by atoms with Crippen LogP contribution in [-0.2, 0) is 0 Å². The Balaban J connectivity index is 1.84. The molecule has 0 saturated heterocycles. The van der Waals surface area contributed by atoms with Crippen LogP contribution in [0, 0.1) is 20.8 Å². The van der Waals surface area contributed by atoms with Crippen molar-refractivity contribution in [1.82, 2.24) is 9.97 Å². The van der Waals surface area contributed by atoms with Crippen molar-refractivity contribution >= 4 is 23.1 Å². The molecular weight excluding hydrogens is 340 g/mol. The molecule has 27 heavy (non-hydrogen) atoms. The first-order valence-corrected chi connectivity index (χ1v) is 8.60. The van der Waals surface area contributed by atoms with Gasteiger partial charge in [0.1, 0.15) is 23.1 Å². The maximum Gasteiger partial charge on any atom is 0.274 e. The number of carbonyl (C=O) groups excluding carboxylic acids is 1. The molecule has 1 heterocycles. The van der Waals surface area contributed by atoms with Crippen LogP contribution in [0.1, 0.15) is 27.4 Å². The summed E-state index contributed by atoms with van der Waals surface area (Å²) in [6, 6.07) is 15.0. The van der Waals surface area contributed by atoms with Gasteiger partial charge in [-0.15, -0.1) is 0 Å². The number of hydrogen-bond acceptors (Lipinski definition) is 5. The van der Waals surface area contributed by atoms with Crippen LogP contribution in [0.2, 0.25) is 0 Å². The Labute approximate surface area is 158 Å². The Kier molecular flexibility index (Phi) is 5.35. The maximum absolute atomic E-state index is 12.6. The number of benzene rings is 2. The van der Waals surface area contributed by atoms with E-state index < -0.39 is 0 Å². The monoisotopic (exact) mass is 362 g/mol. The van der Waals surface area contributed by atoms with Crippen molar-refractivity contribution in [2.24, 2.45) is 0 Å². The van der Waals surface area contributed by atoms with Gasteiger partial charge in [-0.05, 0) is 50.1 Å². The molecular formula is C21H22N4O2. The number of nitrogens with zero attached hydrogens (tertiary/aromatic N) is 2. The fourth-order valence-corrected chi connectivity index (χ4v) is 2.65. The van der Waals surface area contributed by atoms with Crippen LogP contribution in [0.25, 0.3) is 0 Å². The first-order valence-electron chi connectivity index (χ1n) is 8.60. The van der Waals surface area contributed by atoms with Gasteiger partial charge in [0.25, 0.3) is 5.91 Å². The molecule has 0 unspecified atom stereocenters. The van der Waals surface area contributed by atoms with Crippen molar-refractivity contribution in [3.8, 4) is 5.75 Å². The molecule has 3 aromatic rings. The lowest BCUT2D eigenvalue weighted by atomic mass is 10.1. The molecule has 0 fully saturated rings. The van der Waals surface area contributed by atoms with E-state index in [9.17, 15) is 4.79 Å². The van der Waals surface area contributed by atoms with Gasteiger partial charge in [-0.2, -0.15) is 0 Å². The van der Waals surface area contributed by atoms with Gasteiger partial charge in [-0.1, -0.05) is 18.2 Å². The van der Waals surface area contributed by atoms with E-state index in [0.717, 1.165) is 16.8 Å². The first kappa shape index (κ1) is 18.4. The SMILES string of the molecule is COc1cccc(NC(=O)c2cc(Nc3cc(C)ccc3C)nc(C)n2)c1. The average molecular weight is 362 g/mol. The molecule has 6 heteroatoms. The molecule has 2 N–H and O–H groups in total. The van der Waals surface area contributed by atoms with E-state index in [2.05, 4.69) is 26.7 Å². The molecule has 0 saturated carbocycles. The maximum atomic E-state index is 12.6. The highest BCUT2D eigenvalue weighted by Crippen LogP contribution is 2.22. The zero-order valence-electron chi connectivity index (χ0n) is 15.8. The van der Waals surface area contributed by atoms with E-state index in [1.54, 1.807) is 32.2 Å². The normalized spacial score (nSPS) is 10.4. The smallest absolute Gasteiger partial charge is 0.274 e. The number of hydrogen-bond donors (Lipinski definition) is 2. The van der Waals surface area contributed by atoms with Gasteiger partial charge in [-0.25, -0.2) is 9.97 Å². The summed E-state index contributed by atoms with van der Waals surface area (Å²) in [6.45, 7) is 5.81. The molecule has 0 aliphatic carbocycles. The van der Waals surface area contributed by atoms with Gasteiger partial charge in [0.2, 0.25) is 0 Å². The lowest BCUT2D eigenvalue weighted by Gasteiger charge is -2.12. The zero-order chi connectivity index (χ0) is 19.4. The number of ether oxygens (including phenoxy) is 1. The molecule has 2 aromatic carbocycles. The van der Waals surface area contributed by atoms with E-state index >= 15 is 0 Å². The number of carbonyl (C=O) groups is 1. The van der Waals surface area contributed by atoms with Crippen molar-refractivity contribution in [3.05, 3.63) is 71.2 Å². The Morgan fingerprint density at radius 1 is 1.00 bits per heavy atom. The van der Waals surface area contributed by atoms with Crippen molar-refractivity contribution in [2.45, 2.75) is 20.8 Å². The lowest BCUT2D eigenvalue weighted by molar-refractivity contribution is 0.102. The van der Waals surface area contributed by atoms with Crippen molar-refractivity contribution in [1.29, 1.82) is 0 Å². The molecule has 0 radical (unpaired) electrons. The Hall–Kier alpha value is -3.41. The fraction of sp³-hybridized carbons (Fsp3) is 0.190. The third kappa shape index (κ3) is 4.61. The van der Waals surface area contributed by atoms with E-state index in [0.29, 0.717) is 23.1 Å². The number of anilines is 3. The van der Waals surface area contributed by atoms with Gasteiger partial charge < -0.3 is 15.4 Å². The molecule has 0 aliphatic heterocycles. The number of nitrogens with one attached hydrogen (secondary N) is 2. The molecule has 138 valence electrons. The third-order valence-electron chi connectivity index (χ3n) is 4.05. The number of aryl methyl sites for hydroxylation is 3. The summed E-state index contributed by atoms with van der Waals surface area (Å²) >= 11 is 0. The van der Waals surface area contributed by atoms with E-state index in [-0.39, 0.29) is 11.6 Å². The summed E-state index contributed by atoms with van der Waals surface area (Å²) in [5.74, 6) is 1.45. The molecule has 0 spiro atoms. The van der Waals surface area contributed by atoms with Crippen LogP contribution >= 0.6 is 0 Å². The van der Waals surface area contributed by atoms with Crippen LogP contribution < -0.4 is 15.4 Å². The number of rotatable bonds is 5. The first-order chi connectivity index (χ1) is 12.9. The van der Waals surface area contributed by atoms with Crippen molar-refractivity contribution in [3.63, 3.8) is 0 Å². The zero-order valence-corrected chi connectivity index (χ0v) is 15.8. The molecule has 1 amide bonds. The van der Waals surface area contributed by atoms with Crippen molar-refractivity contribution in [2.75, 3.05) is 17.7 Å². The molecule has 0 aliphatic rings. The molecule has 0 atom stereocenters. The van der Waals surface area contributed by atoms with Crippen LogP contribution in [0.5, 0.6) is 5.75 Å². The summed E-state index contributed by atoms with van der Waals surface area (Å²) in [7, 11) is 1.58. The van der Waals surface area contributed by atoms with Crippen molar-refractivity contribution < 1.29 is 9.53 Å². The van der Waals surface area contributed by atoms with Gasteiger partial charge in [0.15, 0.2) is 0 Å². The highest BCUT2D eigenvalue weighted by atomic mass is 16.5. The Bertz CT molecular complexity index is 986. The fourth-order valence-electron chi connectivity index (χ4n) is 2.65. The summed E-state index contributed by atoms with van der Waals surface area (Å²) in [5, 5.41) is 6.11. The minimum atomic E-state index is -0.308. The van der Waals surface area contributed by atoms with Gasteiger partial charge in [0, 0.05) is 23.5 Å². The number of aromatic nitrogens is 2. The second-order valence-corrected chi connectivity index (χ2v) is 6.32. The molecule has 3 rings (SSSR count). The van der Waals surface area contributed by atoms with Crippen LogP contribution in [0.4, 0.5) is 17.2 Å². The third-order valence-corrected chi connectivity index (χ3v) is 4.05. The highest BCUT2D eigenvalue weighted by Gasteiger charge is 2.12. The largest absolute Gasteiger partial charge is 0.497 e. The summed E-state index contributed by atoms with van der Waals surface area (Å²) in [6.07, 6.45) is 0. The second-order valence-electron chi connectivity index (χ2n) is 6.32. The quantitative estimate of drug-likeness (QED) is 0.703. The minimum Gasteiger partial charge on any atom is -0.497 e. The van der Waals surface area contributed by atoms with Gasteiger partial charge in [-0.3, -0.25) is 4.79 Å². The predicted octanol–water partition coefficient (Wildman–Crippen LogP) is 4.41. The number of amides is 1. The minimum absolute atomic E-state index is 0.290. The number of methoxy groups -OCH3 is 1. The predicted molar refractivity (Wildman–Crippen MR) is 107 cm³/mol. The summed E-state index contributed by atoms with van der Waals surface area (Å²) in [4.78, 5) is 21.3. The molecule has 6 nitrogen and oxygen atoms in total. The topological polar surface area (TPSA) is 76.1 Å². The average Bonchev–Trinajstić information content (AvgIpc) is 2.64. The van der Waals surface area contributed by atoms with E-state index in [1.165, 1.54) is 0 Å². The van der Waals surface area contributed by atoms with Gasteiger partial charge >= 0.3 is 0 Å². The Morgan fingerprint density at radius 3 is 2.59 bits per heavy atom. The lowest BCUT2D eigenvalue weighted by Crippen LogP contribution is -2.15. The van der Waals surface area contributed by atoms with Crippen LogP contribution in [0.15, 0.2) is 48.5 Å². The summed E-state index contributed by atoms with van der Waals surface area (Å²) < 4.78 is 5.18. The second kappa shape index (κ2) is 7.86. The highest BCUT2D eigenvalue weighted by molar-refractivity contribution is 6.03. The van der Waals surface area contributed by atoms with Crippen LogP contribution in [0.3, 0.4) is 0 Å². The summed E-state index contributed by atoms with van der Waals surface area (Å²) in [5.41, 5.74) is 4.12. The van der Waals surface area contributed by atoms with Gasteiger partial charge in [0.05, 0.1) is 7.11 Å². The van der Waals surface area contributed by atoms with Crippen LogP contribution in [-0.4, -0.2) is 23.0 Å². The van der Waals surface area contributed by atoms with E-state index in [4.69, 9.17) is 4.74 Å².